The Kier molecular flexibility index (Phi) is 7.28. The normalized spacial score (nSPS) is 11.7. The number of nitrogens with zero attached hydrogens (tertiary/aromatic N) is 1. The zero-order valence-corrected chi connectivity index (χ0v) is 17.0. The van der Waals surface area contributed by atoms with E-state index >= 15 is 0 Å². The molecule has 27 heavy (non-hydrogen) atoms. The molecule has 0 heterocycles. The van der Waals surface area contributed by atoms with Crippen LogP contribution in [0.3, 0.4) is 0 Å². The molecule has 0 saturated heterocycles. The summed E-state index contributed by atoms with van der Waals surface area (Å²) < 4.78 is 6.02. The lowest BCUT2D eigenvalue weighted by atomic mass is 10.0. The summed E-state index contributed by atoms with van der Waals surface area (Å²) in [7, 11) is 0. The highest BCUT2D eigenvalue weighted by Gasteiger charge is 2.27. The summed E-state index contributed by atoms with van der Waals surface area (Å²) in [5, 5.41) is 14.1. The van der Waals surface area contributed by atoms with Gasteiger partial charge in [0, 0.05) is 15.2 Å². The molecule has 1 N–H and O–H groups in total. The third-order valence-electron chi connectivity index (χ3n) is 3.64. The van der Waals surface area contributed by atoms with Crippen LogP contribution in [0.5, 0.6) is 0 Å². The van der Waals surface area contributed by atoms with Gasteiger partial charge >= 0.3 is 5.97 Å². The number of esters is 1. The third-order valence-corrected chi connectivity index (χ3v) is 4.31. The van der Waals surface area contributed by atoms with Crippen LogP contribution in [0.25, 0.3) is 0 Å². The number of nitrogens with one attached hydrogen (secondary N) is 1. The van der Waals surface area contributed by atoms with E-state index in [1.807, 2.05) is 6.07 Å². The highest BCUT2D eigenvalue weighted by molar-refractivity contribution is 14.1. The fourth-order valence-corrected chi connectivity index (χ4v) is 3.08. The molecule has 1 amide bonds. The van der Waals surface area contributed by atoms with Crippen molar-refractivity contribution in [3.63, 3.8) is 0 Å². The zero-order valence-electron chi connectivity index (χ0n) is 14.8. The van der Waals surface area contributed by atoms with Gasteiger partial charge < -0.3 is 10.1 Å². The van der Waals surface area contributed by atoms with Crippen molar-refractivity contribution < 1.29 is 19.2 Å². The Bertz CT molecular complexity index is 853. The third kappa shape index (κ3) is 6.02. The molecule has 1 atom stereocenters. The Hall–Kier alpha value is -2.49. The Morgan fingerprint density at radius 1 is 1.19 bits per heavy atom. The molecule has 1 unspecified atom stereocenters. The lowest BCUT2D eigenvalue weighted by molar-refractivity contribution is -0.385. The van der Waals surface area contributed by atoms with Crippen LogP contribution >= 0.6 is 22.6 Å². The van der Waals surface area contributed by atoms with E-state index in [-0.39, 0.29) is 23.8 Å². The van der Waals surface area contributed by atoms with Crippen molar-refractivity contribution in [1.29, 1.82) is 0 Å². The summed E-state index contributed by atoms with van der Waals surface area (Å²) in [5.74, 6) is -0.967. The van der Waals surface area contributed by atoms with Gasteiger partial charge in [0.25, 0.3) is 11.6 Å². The summed E-state index contributed by atoms with van der Waals surface area (Å²) in [5.41, 5.74) is 0.493. The van der Waals surface area contributed by atoms with Crippen LogP contribution in [0.4, 0.5) is 5.69 Å². The molecule has 0 aromatic heterocycles. The maximum Gasteiger partial charge on any atom is 0.308 e. The van der Waals surface area contributed by atoms with Crippen molar-refractivity contribution in [1.82, 2.24) is 5.32 Å². The highest BCUT2D eigenvalue weighted by Crippen LogP contribution is 2.28. The van der Waals surface area contributed by atoms with E-state index in [1.165, 1.54) is 18.2 Å². The Morgan fingerprint density at radius 2 is 1.89 bits per heavy atom. The number of carbonyl (C=O) groups excluding carboxylic acids is 2. The fraction of sp³-hybridized carbons (Fsp3) is 0.263. The lowest BCUT2D eigenvalue weighted by Crippen LogP contribution is -2.31. The van der Waals surface area contributed by atoms with Gasteiger partial charge in [0.05, 0.1) is 29.1 Å². The minimum Gasteiger partial charge on any atom is -0.463 e. The van der Waals surface area contributed by atoms with Crippen molar-refractivity contribution in [2.45, 2.75) is 32.4 Å². The molecule has 0 bridgehead atoms. The fourth-order valence-electron chi connectivity index (χ4n) is 2.54. The summed E-state index contributed by atoms with van der Waals surface area (Å²) in [6.45, 7) is 3.42. The van der Waals surface area contributed by atoms with E-state index in [4.69, 9.17) is 4.74 Å². The molecule has 0 spiro atoms. The van der Waals surface area contributed by atoms with E-state index < -0.39 is 22.8 Å². The second kappa shape index (κ2) is 9.45. The first kappa shape index (κ1) is 20.8. The van der Waals surface area contributed by atoms with E-state index in [1.54, 1.807) is 38.1 Å². The van der Waals surface area contributed by atoms with Gasteiger partial charge in [-0.05, 0) is 54.6 Å². The number of halogens is 1. The highest BCUT2D eigenvalue weighted by atomic mass is 127. The number of nitro benzene ring substituents is 1. The minimum atomic E-state index is -0.886. The van der Waals surface area contributed by atoms with Gasteiger partial charge in [0.2, 0.25) is 0 Å². The quantitative estimate of drug-likeness (QED) is 0.278. The van der Waals surface area contributed by atoms with Crippen molar-refractivity contribution in [2.75, 3.05) is 0 Å². The number of rotatable bonds is 7. The monoisotopic (exact) mass is 482 g/mol. The Labute approximate surface area is 170 Å². The number of carbonyl (C=O) groups is 2. The summed E-state index contributed by atoms with van der Waals surface area (Å²) in [4.78, 5) is 35.6. The number of ether oxygens (including phenoxy) is 1. The van der Waals surface area contributed by atoms with Crippen LogP contribution in [0, 0.1) is 13.7 Å². The second-order valence-corrected chi connectivity index (χ2v) is 7.34. The minimum absolute atomic E-state index is 0.164. The topological polar surface area (TPSA) is 98.5 Å². The average molecular weight is 482 g/mol. The SMILES string of the molecule is CC(C)OC(=O)CC(NC(=O)c1cccc(I)c1)c1ccccc1[N+](=O)[O-]. The zero-order chi connectivity index (χ0) is 20.0. The summed E-state index contributed by atoms with van der Waals surface area (Å²) >= 11 is 2.09. The van der Waals surface area contributed by atoms with Crippen LogP contribution < -0.4 is 5.32 Å². The van der Waals surface area contributed by atoms with Crippen molar-refractivity contribution in [3.8, 4) is 0 Å². The molecule has 2 rings (SSSR count). The predicted octanol–water partition coefficient (Wildman–Crippen LogP) is 4.01. The van der Waals surface area contributed by atoms with Crippen LogP contribution in [-0.4, -0.2) is 22.9 Å². The summed E-state index contributed by atoms with van der Waals surface area (Å²) in [6, 6.07) is 12.1. The van der Waals surface area contributed by atoms with Crippen LogP contribution in [-0.2, 0) is 9.53 Å². The van der Waals surface area contributed by atoms with Crippen LogP contribution in [0.2, 0.25) is 0 Å². The van der Waals surface area contributed by atoms with Gasteiger partial charge in [-0.3, -0.25) is 19.7 Å². The number of nitro groups is 1. The van der Waals surface area contributed by atoms with Gasteiger partial charge in [0.15, 0.2) is 0 Å². The predicted molar refractivity (Wildman–Crippen MR) is 108 cm³/mol. The van der Waals surface area contributed by atoms with Crippen LogP contribution in [0.15, 0.2) is 48.5 Å². The first-order valence-corrected chi connectivity index (χ1v) is 9.35. The second-order valence-electron chi connectivity index (χ2n) is 6.10. The standard InChI is InChI=1S/C19H19IN2O5/c1-12(2)27-18(23)11-16(15-8-3-4-9-17(15)22(25)26)21-19(24)13-6-5-7-14(20)10-13/h3-10,12,16H,11H2,1-2H3,(H,21,24). The molecule has 7 nitrogen and oxygen atoms in total. The number of benzene rings is 2. The Morgan fingerprint density at radius 3 is 2.52 bits per heavy atom. The number of amides is 1. The first-order chi connectivity index (χ1) is 12.8. The number of para-hydroxylation sites is 1. The molecule has 0 aliphatic rings. The smallest absolute Gasteiger partial charge is 0.308 e. The molecule has 0 radical (unpaired) electrons. The molecular weight excluding hydrogens is 463 g/mol. The summed E-state index contributed by atoms with van der Waals surface area (Å²) in [6.07, 6.45) is -0.533. The van der Waals surface area contributed by atoms with E-state index in [0.29, 0.717) is 5.56 Å². The largest absolute Gasteiger partial charge is 0.463 e. The van der Waals surface area contributed by atoms with Crippen molar-refractivity contribution in [2.24, 2.45) is 0 Å². The van der Waals surface area contributed by atoms with Crippen molar-refractivity contribution in [3.05, 3.63) is 73.3 Å². The molecular formula is C19H19IN2O5. The first-order valence-electron chi connectivity index (χ1n) is 8.27. The van der Waals surface area contributed by atoms with Gasteiger partial charge in [-0.15, -0.1) is 0 Å². The maximum absolute atomic E-state index is 12.6. The molecule has 0 aliphatic carbocycles. The van der Waals surface area contributed by atoms with Gasteiger partial charge in [0.1, 0.15) is 0 Å². The molecule has 2 aromatic carbocycles. The van der Waals surface area contributed by atoms with E-state index in [9.17, 15) is 19.7 Å². The van der Waals surface area contributed by atoms with Crippen molar-refractivity contribution >= 4 is 40.2 Å². The Balaban J connectivity index is 2.34. The molecule has 142 valence electrons. The maximum atomic E-state index is 12.6. The molecule has 2 aromatic rings. The van der Waals surface area contributed by atoms with Gasteiger partial charge in [-0.1, -0.05) is 24.3 Å². The van der Waals surface area contributed by atoms with Gasteiger partial charge in [-0.2, -0.15) is 0 Å². The lowest BCUT2D eigenvalue weighted by Gasteiger charge is -2.19. The van der Waals surface area contributed by atoms with Gasteiger partial charge in [-0.25, -0.2) is 0 Å². The number of hydrogen-bond donors (Lipinski definition) is 1. The molecule has 0 saturated carbocycles. The van der Waals surface area contributed by atoms with E-state index in [0.717, 1.165) is 3.57 Å². The van der Waals surface area contributed by atoms with E-state index in [2.05, 4.69) is 27.9 Å². The average Bonchev–Trinajstić information content (AvgIpc) is 2.60. The van der Waals surface area contributed by atoms with Crippen LogP contribution in [0.1, 0.15) is 42.2 Å². The molecule has 0 fully saturated rings. The molecule has 0 aliphatic heterocycles. The number of hydrogen-bond acceptors (Lipinski definition) is 5. The molecule has 8 heteroatoms.